The third-order valence-corrected chi connectivity index (χ3v) is 4.85. The second-order valence-corrected chi connectivity index (χ2v) is 7.02. The highest BCUT2D eigenvalue weighted by molar-refractivity contribution is 5.76. The zero-order chi connectivity index (χ0) is 17.6. The summed E-state index contributed by atoms with van der Waals surface area (Å²) in [5.41, 5.74) is 3.74. The highest BCUT2D eigenvalue weighted by atomic mass is 16.2. The van der Waals surface area contributed by atoms with Gasteiger partial charge in [-0.1, -0.05) is 29.8 Å². The van der Waals surface area contributed by atoms with Crippen molar-refractivity contribution in [2.75, 3.05) is 26.2 Å². The molecule has 0 radical (unpaired) electrons. The number of aryl methyl sites for hydroxylation is 3. The number of amides is 1. The van der Waals surface area contributed by atoms with Crippen molar-refractivity contribution in [1.29, 1.82) is 0 Å². The molecule has 1 amide bonds. The molecule has 0 N–H and O–H groups in total. The third kappa shape index (κ3) is 5.16. The molecule has 25 heavy (non-hydrogen) atoms. The standard InChI is InChI=1S/C20H28N4O/c1-17-4-6-18(7-5-17)8-9-20(25)24-11-3-10-23(12-13-24)16-19-14-21-22(2)15-19/h4-7,14-15H,3,8-13,16H2,1-2H3. The van der Waals surface area contributed by atoms with Gasteiger partial charge in [0.25, 0.3) is 0 Å². The summed E-state index contributed by atoms with van der Waals surface area (Å²) in [7, 11) is 1.94. The molecule has 0 aliphatic carbocycles. The minimum absolute atomic E-state index is 0.281. The first-order chi connectivity index (χ1) is 12.1. The molecule has 1 fully saturated rings. The summed E-state index contributed by atoms with van der Waals surface area (Å²) in [6.45, 7) is 6.67. The molecule has 1 aliphatic rings. The Kier molecular flexibility index (Phi) is 5.87. The van der Waals surface area contributed by atoms with E-state index < -0.39 is 0 Å². The van der Waals surface area contributed by atoms with Gasteiger partial charge in [-0.2, -0.15) is 5.10 Å². The summed E-state index contributed by atoms with van der Waals surface area (Å²) in [4.78, 5) is 17.0. The monoisotopic (exact) mass is 340 g/mol. The van der Waals surface area contributed by atoms with Crippen molar-refractivity contribution >= 4 is 5.91 Å². The van der Waals surface area contributed by atoms with Crippen LogP contribution in [-0.2, 0) is 24.8 Å². The zero-order valence-corrected chi connectivity index (χ0v) is 15.3. The molecule has 2 heterocycles. The number of hydrogen-bond acceptors (Lipinski definition) is 3. The van der Waals surface area contributed by atoms with Crippen molar-refractivity contribution in [3.05, 3.63) is 53.3 Å². The van der Waals surface area contributed by atoms with Crippen LogP contribution in [0.4, 0.5) is 0 Å². The lowest BCUT2D eigenvalue weighted by atomic mass is 10.1. The van der Waals surface area contributed by atoms with E-state index in [1.807, 2.05) is 22.8 Å². The van der Waals surface area contributed by atoms with E-state index in [1.165, 1.54) is 16.7 Å². The molecular weight excluding hydrogens is 312 g/mol. The predicted octanol–water partition coefficient (Wildman–Crippen LogP) is 2.40. The van der Waals surface area contributed by atoms with Gasteiger partial charge in [-0.15, -0.1) is 0 Å². The smallest absolute Gasteiger partial charge is 0.222 e. The van der Waals surface area contributed by atoms with Gasteiger partial charge in [-0.25, -0.2) is 0 Å². The fraction of sp³-hybridized carbons (Fsp3) is 0.500. The van der Waals surface area contributed by atoms with Crippen molar-refractivity contribution < 1.29 is 4.79 Å². The van der Waals surface area contributed by atoms with Crippen LogP contribution in [0.5, 0.6) is 0 Å². The number of carbonyl (C=O) groups is 1. The fourth-order valence-electron chi connectivity index (χ4n) is 3.35. The average molecular weight is 340 g/mol. The molecule has 0 spiro atoms. The highest BCUT2D eigenvalue weighted by Crippen LogP contribution is 2.11. The molecular formula is C20H28N4O. The zero-order valence-electron chi connectivity index (χ0n) is 15.3. The minimum atomic E-state index is 0.281. The van der Waals surface area contributed by atoms with Gasteiger partial charge in [0.2, 0.25) is 5.91 Å². The number of benzene rings is 1. The Bertz CT molecular complexity index is 692. The van der Waals surface area contributed by atoms with Crippen molar-refractivity contribution in [3.8, 4) is 0 Å². The Labute approximate surface area is 150 Å². The molecule has 0 unspecified atom stereocenters. The van der Waals surface area contributed by atoms with Crippen LogP contribution in [0.3, 0.4) is 0 Å². The van der Waals surface area contributed by atoms with Crippen molar-refractivity contribution in [2.24, 2.45) is 7.05 Å². The van der Waals surface area contributed by atoms with E-state index in [2.05, 4.69) is 47.4 Å². The summed E-state index contributed by atoms with van der Waals surface area (Å²) in [6, 6.07) is 8.48. The van der Waals surface area contributed by atoms with Crippen LogP contribution in [-0.4, -0.2) is 51.7 Å². The van der Waals surface area contributed by atoms with E-state index in [1.54, 1.807) is 0 Å². The molecule has 0 bridgehead atoms. The van der Waals surface area contributed by atoms with E-state index in [0.29, 0.717) is 6.42 Å². The lowest BCUT2D eigenvalue weighted by Gasteiger charge is -2.21. The van der Waals surface area contributed by atoms with Gasteiger partial charge in [0, 0.05) is 58.0 Å². The maximum absolute atomic E-state index is 12.6. The lowest BCUT2D eigenvalue weighted by molar-refractivity contribution is -0.131. The van der Waals surface area contributed by atoms with Crippen LogP contribution >= 0.6 is 0 Å². The maximum atomic E-state index is 12.6. The molecule has 2 aromatic rings. The summed E-state index contributed by atoms with van der Waals surface area (Å²) in [6.07, 6.45) is 6.46. The number of rotatable bonds is 5. The van der Waals surface area contributed by atoms with Crippen molar-refractivity contribution in [3.63, 3.8) is 0 Å². The Morgan fingerprint density at radius 1 is 1.08 bits per heavy atom. The molecule has 3 rings (SSSR count). The normalized spacial score (nSPS) is 16.0. The average Bonchev–Trinajstić information content (AvgIpc) is 2.87. The first-order valence-electron chi connectivity index (χ1n) is 9.13. The van der Waals surface area contributed by atoms with E-state index in [0.717, 1.165) is 45.6 Å². The molecule has 1 aromatic heterocycles. The van der Waals surface area contributed by atoms with E-state index in [9.17, 15) is 4.79 Å². The Morgan fingerprint density at radius 2 is 1.88 bits per heavy atom. The van der Waals surface area contributed by atoms with Gasteiger partial charge in [0.05, 0.1) is 6.20 Å². The van der Waals surface area contributed by atoms with Crippen molar-refractivity contribution in [2.45, 2.75) is 32.7 Å². The molecule has 0 atom stereocenters. The summed E-state index contributed by atoms with van der Waals surface area (Å²) >= 11 is 0. The SMILES string of the molecule is Cc1ccc(CCC(=O)N2CCCN(Cc3cnn(C)c3)CC2)cc1. The van der Waals surface area contributed by atoms with Gasteiger partial charge in [-0.3, -0.25) is 14.4 Å². The van der Waals surface area contributed by atoms with Crippen LogP contribution in [0.25, 0.3) is 0 Å². The predicted molar refractivity (Wildman–Crippen MR) is 99.2 cm³/mol. The second-order valence-electron chi connectivity index (χ2n) is 7.02. The fourth-order valence-corrected chi connectivity index (χ4v) is 3.35. The number of carbonyl (C=O) groups excluding carboxylic acids is 1. The third-order valence-electron chi connectivity index (χ3n) is 4.85. The van der Waals surface area contributed by atoms with Crippen LogP contribution in [0.15, 0.2) is 36.7 Å². The number of nitrogens with zero attached hydrogens (tertiary/aromatic N) is 4. The van der Waals surface area contributed by atoms with Crippen LogP contribution in [0.1, 0.15) is 29.5 Å². The van der Waals surface area contributed by atoms with E-state index in [-0.39, 0.29) is 5.91 Å². The number of aromatic nitrogens is 2. The quantitative estimate of drug-likeness (QED) is 0.839. The van der Waals surface area contributed by atoms with Crippen LogP contribution in [0, 0.1) is 6.92 Å². The molecule has 1 aliphatic heterocycles. The van der Waals surface area contributed by atoms with Gasteiger partial charge >= 0.3 is 0 Å². The van der Waals surface area contributed by atoms with Crippen molar-refractivity contribution in [1.82, 2.24) is 19.6 Å². The first-order valence-corrected chi connectivity index (χ1v) is 9.13. The second kappa shape index (κ2) is 8.30. The van der Waals surface area contributed by atoms with Gasteiger partial charge in [0.15, 0.2) is 0 Å². The summed E-state index contributed by atoms with van der Waals surface area (Å²) in [5.74, 6) is 0.281. The Morgan fingerprint density at radius 3 is 2.60 bits per heavy atom. The minimum Gasteiger partial charge on any atom is -0.341 e. The van der Waals surface area contributed by atoms with Crippen LogP contribution in [0.2, 0.25) is 0 Å². The van der Waals surface area contributed by atoms with Gasteiger partial charge < -0.3 is 4.90 Å². The van der Waals surface area contributed by atoms with Crippen LogP contribution < -0.4 is 0 Å². The largest absolute Gasteiger partial charge is 0.341 e. The van der Waals surface area contributed by atoms with Gasteiger partial charge in [0.1, 0.15) is 0 Å². The summed E-state index contributed by atoms with van der Waals surface area (Å²) < 4.78 is 1.84. The van der Waals surface area contributed by atoms with E-state index >= 15 is 0 Å². The van der Waals surface area contributed by atoms with E-state index in [4.69, 9.17) is 0 Å². The molecule has 0 saturated carbocycles. The van der Waals surface area contributed by atoms with Gasteiger partial charge in [-0.05, 0) is 25.3 Å². The molecule has 1 aromatic carbocycles. The maximum Gasteiger partial charge on any atom is 0.222 e. The molecule has 1 saturated heterocycles. The highest BCUT2D eigenvalue weighted by Gasteiger charge is 2.19. The molecule has 134 valence electrons. The molecule has 5 nitrogen and oxygen atoms in total. The lowest BCUT2D eigenvalue weighted by Crippen LogP contribution is -2.35. The number of hydrogen-bond donors (Lipinski definition) is 0. The topological polar surface area (TPSA) is 41.4 Å². The Hall–Kier alpha value is -2.14. The molecule has 5 heteroatoms. The first kappa shape index (κ1) is 17.7. The Balaban J connectivity index is 1.46. The summed E-state index contributed by atoms with van der Waals surface area (Å²) in [5, 5.41) is 4.23.